The number of benzene rings is 3. The third-order valence-electron chi connectivity index (χ3n) is 3.11. The Morgan fingerprint density at radius 2 is 1.12 bits per heavy atom. The summed E-state index contributed by atoms with van der Waals surface area (Å²) < 4.78 is 11.0. The van der Waals surface area contributed by atoms with Crippen molar-refractivity contribution in [1.82, 2.24) is 0 Å². The standard InChI is InChI=1S/C18H14O6/c19-11-1-3-14(4-2-11)24-18-6-5-15(10-17(18)22)23-16-8-12(20)7-13(21)9-16/h1-10,19-22H. The van der Waals surface area contributed by atoms with E-state index in [9.17, 15) is 20.4 Å². The van der Waals surface area contributed by atoms with Crippen molar-refractivity contribution < 1.29 is 29.9 Å². The van der Waals surface area contributed by atoms with Crippen LogP contribution in [-0.4, -0.2) is 20.4 Å². The predicted molar refractivity (Wildman–Crippen MR) is 86.1 cm³/mol. The summed E-state index contributed by atoms with van der Waals surface area (Å²) in [4.78, 5) is 0. The van der Waals surface area contributed by atoms with E-state index in [1.165, 1.54) is 42.5 Å². The summed E-state index contributed by atoms with van der Waals surface area (Å²) in [6.45, 7) is 0. The lowest BCUT2D eigenvalue weighted by Crippen LogP contribution is -1.87. The van der Waals surface area contributed by atoms with E-state index >= 15 is 0 Å². The number of ether oxygens (including phenoxy) is 2. The maximum Gasteiger partial charge on any atom is 0.169 e. The second-order valence-electron chi connectivity index (χ2n) is 5.01. The molecule has 0 saturated carbocycles. The SMILES string of the molecule is Oc1ccc(Oc2ccc(Oc3cc(O)cc(O)c3)cc2O)cc1. The highest BCUT2D eigenvalue weighted by molar-refractivity contribution is 5.49. The Kier molecular flexibility index (Phi) is 4.03. The summed E-state index contributed by atoms with van der Waals surface area (Å²) >= 11 is 0. The molecule has 24 heavy (non-hydrogen) atoms. The number of phenolic OH excluding ortho intramolecular Hbond substituents is 4. The van der Waals surface area contributed by atoms with Crippen molar-refractivity contribution in [2.45, 2.75) is 0 Å². The lowest BCUT2D eigenvalue weighted by molar-refractivity contribution is 0.402. The molecule has 122 valence electrons. The van der Waals surface area contributed by atoms with E-state index in [1.807, 2.05) is 0 Å². The van der Waals surface area contributed by atoms with E-state index in [2.05, 4.69) is 0 Å². The number of hydrogen-bond acceptors (Lipinski definition) is 6. The van der Waals surface area contributed by atoms with Gasteiger partial charge in [0.25, 0.3) is 0 Å². The van der Waals surface area contributed by atoms with Crippen molar-refractivity contribution >= 4 is 0 Å². The van der Waals surface area contributed by atoms with E-state index in [-0.39, 0.29) is 34.5 Å². The molecule has 0 spiro atoms. The molecule has 6 nitrogen and oxygen atoms in total. The smallest absolute Gasteiger partial charge is 0.169 e. The summed E-state index contributed by atoms with van der Waals surface area (Å²) in [6, 6.07) is 14.3. The molecule has 0 amide bonds. The molecule has 4 N–H and O–H groups in total. The maximum absolute atomic E-state index is 10.0. The molecule has 0 fully saturated rings. The number of rotatable bonds is 4. The third-order valence-corrected chi connectivity index (χ3v) is 3.11. The molecule has 0 bridgehead atoms. The average molecular weight is 326 g/mol. The largest absolute Gasteiger partial charge is 0.508 e. The zero-order valence-electron chi connectivity index (χ0n) is 12.4. The van der Waals surface area contributed by atoms with Crippen molar-refractivity contribution in [3.05, 3.63) is 60.7 Å². The van der Waals surface area contributed by atoms with E-state index in [4.69, 9.17) is 9.47 Å². The van der Waals surface area contributed by atoms with Gasteiger partial charge in [0.1, 0.15) is 34.5 Å². The first kappa shape index (κ1) is 15.4. The van der Waals surface area contributed by atoms with Crippen LogP contribution in [-0.2, 0) is 0 Å². The first-order valence-electron chi connectivity index (χ1n) is 7.00. The van der Waals surface area contributed by atoms with Gasteiger partial charge in [-0.05, 0) is 36.4 Å². The first-order chi connectivity index (χ1) is 11.5. The van der Waals surface area contributed by atoms with Gasteiger partial charge >= 0.3 is 0 Å². The zero-order valence-corrected chi connectivity index (χ0v) is 12.4. The Hall–Kier alpha value is -3.54. The molecular weight excluding hydrogens is 312 g/mol. The predicted octanol–water partition coefficient (Wildman–Crippen LogP) is 4.09. The van der Waals surface area contributed by atoms with Crippen molar-refractivity contribution in [1.29, 1.82) is 0 Å². The highest BCUT2D eigenvalue weighted by atomic mass is 16.5. The third kappa shape index (κ3) is 3.61. The molecule has 0 aliphatic rings. The van der Waals surface area contributed by atoms with E-state index in [0.717, 1.165) is 0 Å². The highest BCUT2D eigenvalue weighted by Gasteiger charge is 2.08. The van der Waals surface area contributed by atoms with Crippen LogP contribution >= 0.6 is 0 Å². The van der Waals surface area contributed by atoms with E-state index < -0.39 is 0 Å². The minimum Gasteiger partial charge on any atom is -0.508 e. The van der Waals surface area contributed by atoms with Gasteiger partial charge in [0.05, 0.1) is 0 Å². The topological polar surface area (TPSA) is 99.4 Å². The normalized spacial score (nSPS) is 10.3. The Morgan fingerprint density at radius 1 is 0.500 bits per heavy atom. The Balaban J connectivity index is 1.77. The van der Waals surface area contributed by atoms with Gasteiger partial charge in [0, 0.05) is 24.3 Å². The second-order valence-corrected chi connectivity index (χ2v) is 5.01. The first-order valence-corrected chi connectivity index (χ1v) is 7.00. The van der Waals surface area contributed by atoms with E-state index in [1.54, 1.807) is 18.2 Å². The second kappa shape index (κ2) is 6.29. The molecule has 6 heteroatoms. The minimum absolute atomic E-state index is 0.115. The molecule has 3 aromatic rings. The van der Waals surface area contributed by atoms with Crippen LogP contribution in [0.2, 0.25) is 0 Å². The van der Waals surface area contributed by atoms with Gasteiger partial charge < -0.3 is 29.9 Å². The molecule has 0 aromatic heterocycles. The van der Waals surface area contributed by atoms with Crippen LogP contribution in [0.5, 0.6) is 46.0 Å². The van der Waals surface area contributed by atoms with Crippen LogP contribution < -0.4 is 9.47 Å². The lowest BCUT2D eigenvalue weighted by atomic mass is 10.2. The number of aromatic hydroxyl groups is 4. The van der Waals surface area contributed by atoms with Crippen LogP contribution in [0.3, 0.4) is 0 Å². The van der Waals surface area contributed by atoms with Gasteiger partial charge in [-0.1, -0.05) is 0 Å². The summed E-state index contributed by atoms with van der Waals surface area (Å²) in [5.74, 6) is 0.883. The molecule has 0 aliphatic carbocycles. The maximum atomic E-state index is 10.0. The highest BCUT2D eigenvalue weighted by Crippen LogP contribution is 2.36. The average Bonchev–Trinajstić information content (AvgIpc) is 2.51. The number of hydrogen-bond donors (Lipinski definition) is 4. The molecule has 0 unspecified atom stereocenters. The monoisotopic (exact) mass is 326 g/mol. The number of phenols is 4. The molecule has 0 heterocycles. The lowest BCUT2D eigenvalue weighted by Gasteiger charge is -2.11. The van der Waals surface area contributed by atoms with Crippen LogP contribution in [0.15, 0.2) is 60.7 Å². The van der Waals surface area contributed by atoms with Crippen LogP contribution in [0.4, 0.5) is 0 Å². The Bertz CT molecular complexity index is 838. The van der Waals surface area contributed by atoms with Crippen molar-refractivity contribution in [2.24, 2.45) is 0 Å². The fraction of sp³-hybridized carbons (Fsp3) is 0. The zero-order chi connectivity index (χ0) is 17.1. The van der Waals surface area contributed by atoms with Crippen molar-refractivity contribution in [3.8, 4) is 46.0 Å². The molecule has 0 atom stereocenters. The molecular formula is C18H14O6. The Labute approximate surface area is 137 Å². The molecule has 0 saturated heterocycles. The van der Waals surface area contributed by atoms with Crippen LogP contribution in [0.1, 0.15) is 0 Å². The van der Waals surface area contributed by atoms with E-state index in [0.29, 0.717) is 11.5 Å². The van der Waals surface area contributed by atoms with Gasteiger partial charge in [-0.25, -0.2) is 0 Å². The fourth-order valence-electron chi connectivity index (χ4n) is 2.05. The van der Waals surface area contributed by atoms with Gasteiger partial charge in [0.2, 0.25) is 0 Å². The molecule has 0 radical (unpaired) electrons. The summed E-state index contributed by atoms with van der Waals surface area (Å²) in [7, 11) is 0. The minimum atomic E-state index is -0.148. The molecule has 0 aliphatic heterocycles. The van der Waals surface area contributed by atoms with Crippen LogP contribution in [0, 0.1) is 0 Å². The Morgan fingerprint density at radius 3 is 1.75 bits per heavy atom. The molecule has 3 rings (SSSR count). The van der Waals surface area contributed by atoms with Crippen LogP contribution in [0.25, 0.3) is 0 Å². The molecule has 3 aromatic carbocycles. The van der Waals surface area contributed by atoms with Gasteiger partial charge in [-0.3, -0.25) is 0 Å². The van der Waals surface area contributed by atoms with Crippen molar-refractivity contribution in [3.63, 3.8) is 0 Å². The summed E-state index contributed by atoms with van der Waals surface area (Å²) in [5.41, 5.74) is 0. The summed E-state index contributed by atoms with van der Waals surface area (Å²) in [6.07, 6.45) is 0. The fourth-order valence-corrected chi connectivity index (χ4v) is 2.05. The quantitative estimate of drug-likeness (QED) is 0.576. The van der Waals surface area contributed by atoms with Gasteiger partial charge in [-0.15, -0.1) is 0 Å². The van der Waals surface area contributed by atoms with Gasteiger partial charge in [-0.2, -0.15) is 0 Å². The summed E-state index contributed by atoms with van der Waals surface area (Å²) in [5, 5.41) is 38.1. The van der Waals surface area contributed by atoms with Crippen molar-refractivity contribution in [2.75, 3.05) is 0 Å². The van der Waals surface area contributed by atoms with Gasteiger partial charge in [0.15, 0.2) is 11.5 Å².